The van der Waals surface area contributed by atoms with Gasteiger partial charge in [-0.05, 0) is 30.9 Å². The van der Waals surface area contributed by atoms with Gasteiger partial charge in [0.1, 0.15) is 5.76 Å². The van der Waals surface area contributed by atoms with Crippen molar-refractivity contribution in [2.45, 2.75) is 33.6 Å². The van der Waals surface area contributed by atoms with Gasteiger partial charge in [-0.1, -0.05) is 48.7 Å². The van der Waals surface area contributed by atoms with E-state index in [4.69, 9.17) is 50.7 Å². The summed E-state index contributed by atoms with van der Waals surface area (Å²) in [6.07, 6.45) is 1.28. The van der Waals surface area contributed by atoms with E-state index in [2.05, 4.69) is 29.4 Å². The summed E-state index contributed by atoms with van der Waals surface area (Å²) in [6.45, 7) is 5.94. The van der Waals surface area contributed by atoms with Crippen molar-refractivity contribution in [1.29, 1.82) is 0 Å². The van der Waals surface area contributed by atoms with Gasteiger partial charge in [0.2, 0.25) is 5.96 Å². The molecule has 1 amide bonds. The maximum absolute atomic E-state index is 12.9. The molecular formula is C19H20Cl3N5O2. The molecule has 7 nitrogen and oxygen atoms in total. The first kappa shape index (κ1) is 21.5. The average molecular weight is 457 g/mol. The summed E-state index contributed by atoms with van der Waals surface area (Å²) in [7, 11) is 0. The number of guanidine groups is 1. The number of benzene rings is 1. The molecule has 2 aromatic rings. The molecule has 154 valence electrons. The van der Waals surface area contributed by atoms with Gasteiger partial charge in [-0.25, -0.2) is 0 Å². The van der Waals surface area contributed by atoms with Gasteiger partial charge in [0, 0.05) is 17.5 Å². The van der Waals surface area contributed by atoms with E-state index < -0.39 is 5.91 Å². The number of hydrogen-bond donors (Lipinski definition) is 3. The number of nitrogens with two attached hydrogens (primary N) is 2. The highest BCUT2D eigenvalue weighted by atomic mass is 35.5. The van der Waals surface area contributed by atoms with Gasteiger partial charge in [0.15, 0.2) is 5.76 Å². The summed E-state index contributed by atoms with van der Waals surface area (Å²) in [5.74, 6) is 0.216. The van der Waals surface area contributed by atoms with E-state index >= 15 is 0 Å². The second-order valence-corrected chi connectivity index (χ2v) is 8.87. The Bertz CT molecular complexity index is 1050. The molecule has 0 bridgehead atoms. The van der Waals surface area contributed by atoms with Gasteiger partial charge in [0.05, 0.1) is 26.5 Å². The molecular weight excluding hydrogens is 437 g/mol. The van der Waals surface area contributed by atoms with Crippen LogP contribution in [0.3, 0.4) is 0 Å². The third kappa shape index (κ3) is 4.52. The zero-order chi connectivity index (χ0) is 21.5. The third-order valence-corrected chi connectivity index (χ3v) is 5.58. The lowest BCUT2D eigenvalue weighted by Gasteiger charge is -2.29. The highest BCUT2D eigenvalue weighted by Crippen LogP contribution is 2.39. The van der Waals surface area contributed by atoms with Crippen molar-refractivity contribution in [1.82, 2.24) is 0 Å². The van der Waals surface area contributed by atoms with Crippen molar-refractivity contribution in [2.75, 3.05) is 5.32 Å². The topological polar surface area (TPSA) is 119 Å². The van der Waals surface area contributed by atoms with Crippen LogP contribution in [-0.4, -0.2) is 17.6 Å². The van der Waals surface area contributed by atoms with Crippen molar-refractivity contribution in [3.8, 4) is 0 Å². The molecule has 1 aliphatic rings. The molecule has 0 radical (unpaired) electrons. The van der Waals surface area contributed by atoms with E-state index in [1.807, 2.05) is 0 Å². The predicted molar refractivity (Wildman–Crippen MR) is 117 cm³/mol. The van der Waals surface area contributed by atoms with Crippen LogP contribution in [0.2, 0.25) is 15.1 Å². The van der Waals surface area contributed by atoms with Gasteiger partial charge in [0.25, 0.3) is 5.91 Å². The highest BCUT2D eigenvalue weighted by molar-refractivity contribution is 6.44. The highest BCUT2D eigenvalue weighted by Gasteiger charge is 2.36. The van der Waals surface area contributed by atoms with Crippen molar-refractivity contribution < 1.29 is 9.21 Å². The number of hydrogen-bond acceptors (Lipinski definition) is 4. The smallest absolute Gasteiger partial charge is 0.291 e. The molecule has 5 N–H and O–H groups in total. The molecule has 0 aliphatic heterocycles. The maximum atomic E-state index is 12.9. The van der Waals surface area contributed by atoms with Crippen LogP contribution in [0.5, 0.6) is 0 Å². The molecule has 3 rings (SSSR count). The fourth-order valence-corrected chi connectivity index (χ4v) is 3.93. The van der Waals surface area contributed by atoms with E-state index in [0.29, 0.717) is 40.6 Å². The maximum Gasteiger partial charge on any atom is 0.291 e. The van der Waals surface area contributed by atoms with Crippen LogP contribution in [0, 0.1) is 12.3 Å². The second kappa shape index (κ2) is 7.89. The first-order valence-electron chi connectivity index (χ1n) is 8.72. The van der Waals surface area contributed by atoms with E-state index in [-0.39, 0.29) is 27.2 Å². The molecule has 0 unspecified atom stereocenters. The number of carbonyl (C=O) groups is 1. The summed E-state index contributed by atoms with van der Waals surface area (Å²) in [6, 6.07) is 2.95. The largest absolute Gasteiger partial charge is 0.455 e. The molecule has 1 aromatic heterocycles. The first-order chi connectivity index (χ1) is 13.5. The van der Waals surface area contributed by atoms with Crippen LogP contribution < -0.4 is 16.8 Å². The van der Waals surface area contributed by atoms with Crippen molar-refractivity contribution in [3.63, 3.8) is 0 Å². The average Bonchev–Trinajstić information content (AvgIpc) is 2.92. The Kier molecular flexibility index (Phi) is 5.85. The summed E-state index contributed by atoms with van der Waals surface area (Å²) < 4.78 is 5.93. The second-order valence-electron chi connectivity index (χ2n) is 7.64. The van der Waals surface area contributed by atoms with Gasteiger partial charge in [-0.3, -0.25) is 4.79 Å². The molecule has 0 spiro atoms. The van der Waals surface area contributed by atoms with Crippen LogP contribution in [0.1, 0.15) is 47.7 Å². The third-order valence-electron chi connectivity index (χ3n) is 4.54. The minimum Gasteiger partial charge on any atom is -0.455 e. The zero-order valence-electron chi connectivity index (χ0n) is 16.1. The first-order valence-corrected chi connectivity index (χ1v) is 9.86. The van der Waals surface area contributed by atoms with E-state index in [1.54, 1.807) is 6.92 Å². The van der Waals surface area contributed by atoms with E-state index in [0.717, 1.165) is 5.56 Å². The van der Waals surface area contributed by atoms with Crippen LogP contribution in [0.25, 0.3) is 0 Å². The summed E-state index contributed by atoms with van der Waals surface area (Å²) in [5, 5.41) is 11.5. The predicted octanol–water partition coefficient (Wildman–Crippen LogP) is 4.75. The Hall–Kier alpha value is -2.22. The summed E-state index contributed by atoms with van der Waals surface area (Å²) >= 11 is 18.1. The summed E-state index contributed by atoms with van der Waals surface area (Å²) in [4.78, 5) is 12.9. The molecule has 0 atom stereocenters. The fourth-order valence-electron chi connectivity index (χ4n) is 3.33. The number of anilines is 1. The van der Waals surface area contributed by atoms with Gasteiger partial charge in [-0.15, -0.1) is 5.10 Å². The fraction of sp³-hybridized carbons (Fsp3) is 0.316. The Balaban J connectivity index is 2.01. The lowest BCUT2D eigenvalue weighted by molar-refractivity contribution is 0.0993. The standard InChI is InChI=1S/C19H20Cl3N5O2/c1-8-15-13(26-27-18(23)24)6-19(2,3)7-14(15)29-16(8)17(28)25-12-5-10(21)9(20)4-11(12)22/h4-5H,6-7H2,1-3H3,(H,25,28)(H4,23,24,27)/b26-13-. The Morgan fingerprint density at radius 2 is 1.79 bits per heavy atom. The molecule has 1 aromatic carbocycles. The lowest BCUT2D eigenvalue weighted by Crippen LogP contribution is -2.27. The molecule has 1 heterocycles. The SMILES string of the molecule is Cc1c(C(=O)Nc2cc(Cl)c(Cl)cc2Cl)oc2c1/C(=N\N=C(N)N)CC(C)(C)C2. The number of rotatable bonds is 3. The number of furan rings is 1. The Morgan fingerprint density at radius 3 is 2.45 bits per heavy atom. The quantitative estimate of drug-likeness (QED) is 0.267. The number of fused-ring (bicyclic) bond motifs is 1. The summed E-state index contributed by atoms with van der Waals surface area (Å²) in [5.41, 5.74) is 13.1. The molecule has 0 fully saturated rings. The molecule has 1 aliphatic carbocycles. The Morgan fingerprint density at radius 1 is 1.14 bits per heavy atom. The van der Waals surface area contributed by atoms with Crippen LogP contribution in [0.15, 0.2) is 26.8 Å². The molecule has 10 heteroatoms. The molecule has 0 saturated carbocycles. The number of nitrogens with zero attached hydrogens (tertiary/aromatic N) is 2. The van der Waals surface area contributed by atoms with Crippen LogP contribution in [0.4, 0.5) is 5.69 Å². The zero-order valence-corrected chi connectivity index (χ0v) is 18.3. The normalized spacial score (nSPS) is 16.4. The number of amides is 1. The van der Waals surface area contributed by atoms with Crippen molar-refractivity contribution in [3.05, 3.63) is 49.8 Å². The minimum absolute atomic E-state index is 0.129. The number of nitrogens with one attached hydrogen (secondary N) is 1. The van der Waals surface area contributed by atoms with E-state index in [1.165, 1.54) is 12.1 Å². The number of halogens is 3. The Labute approximate surface area is 183 Å². The van der Waals surface area contributed by atoms with Crippen LogP contribution in [-0.2, 0) is 6.42 Å². The lowest BCUT2D eigenvalue weighted by atomic mass is 9.75. The number of carbonyl (C=O) groups excluding carboxylic acids is 1. The van der Waals surface area contributed by atoms with Gasteiger partial charge >= 0.3 is 0 Å². The van der Waals surface area contributed by atoms with Crippen molar-refractivity contribution >= 4 is 58.1 Å². The van der Waals surface area contributed by atoms with Gasteiger partial charge < -0.3 is 21.2 Å². The monoisotopic (exact) mass is 455 g/mol. The van der Waals surface area contributed by atoms with E-state index in [9.17, 15) is 4.79 Å². The molecule has 29 heavy (non-hydrogen) atoms. The molecule has 0 saturated heterocycles. The van der Waals surface area contributed by atoms with Crippen molar-refractivity contribution in [2.24, 2.45) is 27.1 Å². The minimum atomic E-state index is -0.462. The van der Waals surface area contributed by atoms with Crippen LogP contribution >= 0.6 is 34.8 Å². The van der Waals surface area contributed by atoms with Gasteiger partial charge in [-0.2, -0.15) is 5.10 Å².